The fraction of sp³-hybridized carbons (Fsp3) is 0.300. The van der Waals surface area contributed by atoms with Gasteiger partial charge in [-0.05, 0) is 24.6 Å². The lowest BCUT2D eigenvalue weighted by atomic mass is 10.3. The minimum absolute atomic E-state index is 0.184. The first-order valence-corrected chi connectivity index (χ1v) is 8.61. The Labute approximate surface area is 115 Å². The molecule has 2 rings (SSSR count). The first kappa shape index (κ1) is 14.9. The monoisotopic (exact) mass is 320 g/mol. The van der Waals surface area contributed by atoms with Crippen molar-refractivity contribution in [3.8, 4) is 0 Å². The van der Waals surface area contributed by atoms with Crippen molar-refractivity contribution in [2.75, 3.05) is 5.75 Å². The highest BCUT2D eigenvalue weighted by atomic mass is 32.2. The normalized spacial score (nSPS) is 12.9. The summed E-state index contributed by atoms with van der Waals surface area (Å²) < 4.78 is 60.7. The topological polar surface area (TPSA) is 137 Å². The van der Waals surface area contributed by atoms with Crippen LogP contribution < -0.4 is 0 Å². The van der Waals surface area contributed by atoms with E-state index in [0.29, 0.717) is 16.9 Å². The smallest absolute Gasteiger partial charge is 0.294 e. The molecule has 2 aromatic rings. The summed E-state index contributed by atoms with van der Waals surface area (Å²) >= 11 is 0. The summed E-state index contributed by atoms with van der Waals surface area (Å²) in [5.41, 5.74) is 0.918. The number of imidazole rings is 1. The van der Waals surface area contributed by atoms with Crippen LogP contribution in [0, 0.1) is 0 Å². The second kappa shape index (κ2) is 5.13. The van der Waals surface area contributed by atoms with E-state index in [1.807, 2.05) is 0 Å². The first-order chi connectivity index (χ1) is 9.15. The van der Waals surface area contributed by atoms with E-state index in [1.54, 1.807) is 0 Å². The molecule has 1 heterocycles. The predicted molar refractivity (Wildman–Crippen MR) is 70.6 cm³/mol. The first-order valence-electron chi connectivity index (χ1n) is 5.56. The minimum Gasteiger partial charge on any atom is -0.342 e. The van der Waals surface area contributed by atoms with E-state index in [2.05, 4.69) is 9.97 Å². The van der Waals surface area contributed by atoms with Crippen LogP contribution in [-0.4, -0.2) is 41.7 Å². The number of H-pyrrole nitrogens is 1. The lowest BCUT2D eigenvalue weighted by Gasteiger charge is -1.95. The highest BCUT2D eigenvalue weighted by molar-refractivity contribution is 7.86. The summed E-state index contributed by atoms with van der Waals surface area (Å²) in [5, 5.41) is 0. The molecule has 0 aliphatic rings. The molecular formula is C10H12N2O6S2. The van der Waals surface area contributed by atoms with Gasteiger partial charge in [-0.3, -0.25) is 9.11 Å². The zero-order valence-corrected chi connectivity index (χ0v) is 11.8. The Morgan fingerprint density at radius 1 is 1.15 bits per heavy atom. The summed E-state index contributed by atoms with van der Waals surface area (Å²) in [6.45, 7) is 0. The predicted octanol–water partition coefficient (Wildman–Crippen LogP) is 0.630. The number of nitrogens with zero attached hydrogens (tertiary/aromatic N) is 1. The Kier molecular flexibility index (Phi) is 3.82. The largest absolute Gasteiger partial charge is 0.342 e. The SMILES string of the molecule is O=S(=O)(O)CCCc1nc2ccc(S(=O)(=O)O)cc2[nH]1. The van der Waals surface area contributed by atoms with Crippen LogP contribution in [0.3, 0.4) is 0 Å². The number of rotatable bonds is 5. The van der Waals surface area contributed by atoms with E-state index in [-0.39, 0.29) is 23.5 Å². The molecule has 1 aromatic carbocycles. The van der Waals surface area contributed by atoms with Crippen LogP contribution in [0.25, 0.3) is 11.0 Å². The number of fused-ring (bicyclic) bond motifs is 1. The van der Waals surface area contributed by atoms with Crippen molar-refractivity contribution in [2.24, 2.45) is 0 Å². The van der Waals surface area contributed by atoms with Gasteiger partial charge in [0.05, 0.1) is 21.7 Å². The molecule has 0 saturated heterocycles. The fourth-order valence-electron chi connectivity index (χ4n) is 1.74. The van der Waals surface area contributed by atoms with Gasteiger partial charge in [-0.25, -0.2) is 4.98 Å². The third kappa shape index (κ3) is 3.76. The van der Waals surface area contributed by atoms with Crippen LogP contribution in [0.15, 0.2) is 23.1 Å². The van der Waals surface area contributed by atoms with Crippen LogP contribution in [-0.2, 0) is 26.7 Å². The van der Waals surface area contributed by atoms with E-state index >= 15 is 0 Å². The zero-order chi connectivity index (χ0) is 15.0. The maximum absolute atomic E-state index is 11.0. The zero-order valence-electron chi connectivity index (χ0n) is 10.1. The molecule has 1 aromatic heterocycles. The summed E-state index contributed by atoms with van der Waals surface area (Å²) in [4.78, 5) is 6.73. The van der Waals surface area contributed by atoms with Crippen molar-refractivity contribution < 1.29 is 25.9 Å². The second-order valence-electron chi connectivity index (χ2n) is 4.23. The van der Waals surface area contributed by atoms with Gasteiger partial charge in [0.25, 0.3) is 20.2 Å². The lowest BCUT2D eigenvalue weighted by molar-refractivity contribution is 0.479. The highest BCUT2D eigenvalue weighted by Crippen LogP contribution is 2.17. The Morgan fingerprint density at radius 3 is 2.45 bits per heavy atom. The molecule has 0 fully saturated rings. The Morgan fingerprint density at radius 2 is 1.85 bits per heavy atom. The highest BCUT2D eigenvalue weighted by Gasteiger charge is 2.12. The maximum Gasteiger partial charge on any atom is 0.294 e. The summed E-state index contributed by atoms with van der Waals surface area (Å²) in [7, 11) is -8.29. The van der Waals surface area contributed by atoms with Crippen molar-refractivity contribution in [3.63, 3.8) is 0 Å². The molecule has 0 aliphatic heterocycles. The van der Waals surface area contributed by atoms with Gasteiger partial charge < -0.3 is 4.98 Å². The average molecular weight is 320 g/mol. The molecule has 0 amide bonds. The maximum atomic E-state index is 11.0. The number of aromatic nitrogens is 2. The minimum atomic E-state index is -4.28. The molecule has 0 spiro atoms. The molecule has 0 saturated carbocycles. The van der Waals surface area contributed by atoms with Gasteiger partial charge >= 0.3 is 0 Å². The van der Waals surface area contributed by atoms with Crippen molar-refractivity contribution in [3.05, 3.63) is 24.0 Å². The van der Waals surface area contributed by atoms with Crippen LogP contribution >= 0.6 is 0 Å². The van der Waals surface area contributed by atoms with E-state index in [1.165, 1.54) is 18.2 Å². The molecule has 0 radical (unpaired) electrons. The van der Waals surface area contributed by atoms with Crippen LogP contribution in [0.4, 0.5) is 0 Å². The molecule has 10 heteroatoms. The van der Waals surface area contributed by atoms with Crippen molar-refractivity contribution >= 4 is 31.3 Å². The van der Waals surface area contributed by atoms with Gasteiger partial charge in [-0.2, -0.15) is 16.8 Å². The molecule has 8 nitrogen and oxygen atoms in total. The molecule has 110 valence electrons. The average Bonchev–Trinajstić information content (AvgIpc) is 2.67. The summed E-state index contributed by atoms with van der Waals surface area (Å²) in [6.07, 6.45) is 0.472. The molecule has 0 aliphatic carbocycles. The van der Waals surface area contributed by atoms with E-state index in [4.69, 9.17) is 9.11 Å². The van der Waals surface area contributed by atoms with Gasteiger partial charge in [0, 0.05) is 6.42 Å². The molecule has 0 bridgehead atoms. The molecule has 3 N–H and O–H groups in total. The van der Waals surface area contributed by atoms with Gasteiger partial charge in [0.2, 0.25) is 0 Å². The van der Waals surface area contributed by atoms with E-state index in [9.17, 15) is 16.8 Å². The molecule has 0 atom stereocenters. The Hall–Kier alpha value is -1.49. The quantitative estimate of drug-likeness (QED) is 0.687. The van der Waals surface area contributed by atoms with E-state index in [0.717, 1.165) is 0 Å². The van der Waals surface area contributed by atoms with Gasteiger partial charge in [0.1, 0.15) is 5.82 Å². The number of hydrogen-bond acceptors (Lipinski definition) is 5. The Balaban J connectivity index is 2.21. The van der Waals surface area contributed by atoms with Gasteiger partial charge in [0.15, 0.2) is 0 Å². The fourth-order valence-corrected chi connectivity index (χ4v) is 2.76. The van der Waals surface area contributed by atoms with Crippen molar-refractivity contribution in [1.29, 1.82) is 0 Å². The third-order valence-electron chi connectivity index (χ3n) is 2.62. The van der Waals surface area contributed by atoms with Crippen LogP contribution in [0.1, 0.15) is 12.2 Å². The van der Waals surface area contributed by atoms with Crippen LogP contribution in [0.5, 0.6) is 0 Å². The summed E-state index contributed by atoms with van der Waals surface area (Å²) in [6, 6.07) is 3.89. The van der Waals surface area contributed by atoms with Crippen molar-refractivity contribution in [1.82, 2.24) is 9.97 Å². The molecular weight excluding hydrogens is 308 g/mol. The molecule has 20 heavy (non-hydrogen) atoms. The Bertz CT molecular complexity index is 838. The van der Waals surface area contributed by atoms with Gasteiger partial charge in [-0.15, -0.1) is 0 Å². The second-order valence-corrected chi connectivity index (χ2v) is 7.22. The van der Waals surface area contributed by atoms with Crippen molar-refractivity contribution in [2.45, 2.75) is 17.7 Å². The number of hydrogen-bond donors (Lipinski definition) is 3. The molecule has 0 unspecified atom stereocenters. The van der Waals surface area contributed by atoms with Crippen LogP contribution in [0.2, 0.25) is 0 Å². The number of benzene rings is 1. The summed E-state index contributed by atoms with van der Waals surface area (Å²) in [5.74, 6) is 0.0940. The number of aromatic amines is 1. The lowest BCUT2D eigenvalue weighted by Crippen LogP contribution is -2.05. The van der Waals surface area contributed by atoms with E-state index < -0.39 is 20.2 Å². The third-order valence-corrected chi connectivity index (χ3v) is 4.27. The number of aryl methyl sites for hydroxylation is 1. The van der Waals surface area contributed by atoms with Gasteiger partial charge in [-0.1, -0.05) is 0 Å². The number of nitrogens with one attached hydrogen (secondary N) is 1. The standard InChI is InChI=1S/C10H12N2O6S2/c13-19(14,15)5-1-2-10-11-8-4-3-7(20(16,17)18)6-9(8)12-10/h3-4,6H,1-2,5H2,(H,11,12)(H,13,14,15)(H,16,17,18).